The third-order valence-corrected chi connectivity index (χ3v) is 5.56. The Labute approximate surface area is 177 Å². The van der Waals surface area contributed by atoms with Gasteiger partial charge in [0.2, 0.25) is 0 Å². The van der Waals surface area contributed by atoms with Crippen molar-refractivity contribution in [1.29, 1.82) is 0 Å². The first kappa shape index (κ1) is 20.1. The third-order valence-electron chi connectivity index (χ3n) is 5.26. The molecule has 1 aliphatic rings. The molecular formula is C22H19ClF2N4O. The number of rotatable bonds is 4. The number of anilines is 1. The summed E-state index contributed by atoms with van der Waals surface area (Å²) in [6.07, 6.45) is 2.99. The number of nitrogens with zero attached hydrogens (tertiary/aromatic N) is 4. The molecule has 0 amide bonds. The number of hydrogen-bond acceptors (Lipinski definition) is 5. The number of fused-ring (bicyclic) bond motifs is 1. The van der Waals surface area contributed by atoms with Gasteiger partial charge in [-0.05, 0) is 24.3 Å². The van der Waals surface area contributed by atoms with Gasteiger partial charge in [-0.25, -0.2) is 18.7 Å². The monoisotopic (exact) mass is 428 g/mol. The van der Waals surface area contributed by atoms with Crippen molar-refractivity contribution < 1.29 is 13.9 Å². The molecule has 154 valence electrons. The van der Waals surface area contributed by atoms with E-state index in [9.17, 15) is 9.50 Å². The van der Waals surface area contributed by atoms with Gasteiger partial charge in [-0.3, -0.25) is 0 Å². The number of piperazine rings is 1. The molecule has 0 unspecified atom stereocenters. The second-order valence-electron chi connectivity index (χ2n) is 6.94. The highest BCUT2D eigenvalue weighted by molar-refractivity contribution is 6.34. The Hall–Kier alpha value is -3.19. The number of phenols is 1. The molecule has 3 aromatic rings. The van der Waals surface area contributed by atoms with Gasteiger partial charge in [-0.1, -0.05) is 30.8 Å². The lowest BCUT2D eigenvalue weighted by atomic mass is 10.0. The maximum atomic E-state index is 15.4. The summed E-state index contributed by atoms with van der Waals surface area (Å²) in [5.74, 6) is -1.43. The van der Waals surface area contributed by atoms with Crippen LogP contribution < -0.4 is 4.90 Å². The summed E-state index contributed by atoms with van der Waals surface area (Å²) in [4.78, 5) is 12.5. The van der Waals surface area contributed by atoms with E-state index in [2.05, 4.69) is 28.0 Å². The van der Waals surface area contributed by atoms with Crippen molar-refractivity contribution in [3.63, 3.8) is 0 Å². The quantitative estimate of drug-likeness (QED) is 0.607. The van der Waals surface area contributed by atoms with E-state index in [0.717, 1.165) is 11.8 Å². The largest absolute Gasteiger partial charge is 0.507 e. The normalized spacial score (nSPS) is 14.2. The number of benzene rings is 2. The Balaban J connectivity index is 1.79. The first-order valence-electron chi connectivity index (χ1n) is 9.34. The molecule has 0 aliphatic carbocycles. The van der Waals surface area contributed by atoms with Crippen molar-refractivity contribution >= 4 is 28.3 Å². The van der Waals surface area contributed by atoms with Crippen molar-refractivity contribution in [2.75, 3.05) is 31.1 Å². The summed E-state index contributed by atoms with van der Waals surface area (Å²) >= 11 is 6.36. The number of aromatic nitrogens is 2. The van der Waals surface area contributed by atoms with Crippen LogP contribution >= 0.6 is 11.6 Å². The van der Waals surface area contributed by atoms with Crippen LogP contribution in [-0.4, -0.2) is 46.2 Å². The van der Waals surface area contributed by atoms with Gasteiger partial charge < -0.3 is 14.9 Å². The lowest BCUT2D eigenvalue weighted by Gasteiger charge is -2.37. The standard InChI is InChI=1S/C22H19ClF2N4O/c1-3-13(2)28-7-9-29(10-8-28)22-14-11-15(23)18(20(25)21(14)26-12-27-22)19-16(24)5-4-6-17(19)30/h3-6,11-12,30H,1-2,7-10H2. The average molecular weight is 429 g/mol. The van der Waals surface area contributed by atoms with E-state index < -0.39 is 17.4 Å². The number of halogens is 3. The van der Waals surface area contributed by atoms with Crippen molar-refractivity contribution in [2.24, 2.45) is 0 Å². The molecule has 0 saturated carbocycles. The molecule has 2 heterocycles. The van der Waals surface area contributed by atoms with Crippen LogP contribution in [0.4, 0.5) is 14.6 Å². The smallest absolute Gasteiger partial charge is 0.159 e. The molecule has 1 fully saturated rings. The Kier molecular flexibility index (Phi) is 5.30. The van der Waals surface area contributed by atoms with E-state index in [1.165, 1.54) is 24.5 Å². The molecule has 0 radical (unpaired) electrons. The predicted octanol–water partition coefficient (Wildman–Crippen LogP) is 4.76. The van der Waals surface area contributed by atoms with Crippen molar-refractivity contribution in [3.05, 3.63) is 72.2 Å². The van der Waals surface area contributed by atoms with Gasteiger partial charge in [0.15, 0.2) is 5.82 Å². The number of hydrogen-bond donors (Lipinski definition) is 1. The first-order chi connectivity index (χ1) is 14.4. The fourth-order valence-corrected chi connectivity index (χ4v) is 3.98. The fourth-order valence-electron chi connectivity index (χ4n) is 3.69. The van der Waals surface area contributed by atoms with Crippen molar-refractivity contribution in [1.82, 2.24) is 14.9 Å². The van der Waals surface area contributed by atoms with Crippen LogP contribution in [-0.2, 0) is 0 Å². The molecular weight excluding hydrogens is 410 g/mol. The summed E-state index contributed by atoms with van der Waals surface area (Å²) in [7, 11) is 0. The lowest BCUT2D eigenvalue weighted by Crippen LogP contribution is -2.45. The number of allylic oxidation sites excluding steroid dienone is 1. The van der Waals surface area contributed by atoms with Crippen molar-refractivity contribution in [3.8, 4) is 16.9 Å². The molecule has 2 aromatic carbocycles. The average Bonchev–Trinajstić information content (AvgIpc) is 2.75. The zero-order chi connectivity index (χ0) is 21.4. The molecule has 5 nitrogen and oxygen atoms in total. The first-order valence-corrected chi connectivity index (χ1v) is 9.72. The Bertz CT molecular complexity index is 1140. The predicted molar refractivity (Wildman–Crippen MR) is 115 cm³/mol. The Morgan fingerprint density at radius 1 is 1.13 bits per heavy atom. The van der Waals surface area contributed by atoms with Gasteiger partial charge in [0.05, 0.1) is 10.6 Å². The van der Waals surface area contributed by atoms with Gasteiger partial charge in [0.25, 0.3) is 0 Å². The minimum atomic E-state index is -0.805. The van der Waals surface area contributed by atoms with Crippen LogP contribution in [0.25, 0.3) is 22.0 Å². The summed E-state index contributed by atoms with van der Waals surface area (Å²) in [6, 6.07) is 5.27. The Morgan fingerprint density at radius 3 is 2.53 bits per heavy atom. The number of aromatic hydroxyl groups is 1. The zero-order valence-corrected chi connectivity index (χ0v) is 16.8. The van der Waals surface area contributed by atoms with Crippen LogP contribution in [0, 0.1) is 11.6 Å². The van der Waals surface area contributed by atoms with Crippen LogP contribution in [0.5, 0.6) is 5.75 Å². The summed E-state index contributed by atoms with van der Waals surface area (Å²) < 4.78 is 29.8. The van der Waals surface area contributed by atoms with E-state index in [0.29, 0.717) is 37.4 Å². The summed E-state index contributed by atoms with van der Waals surface area (Å²) in [6.45, 7) is 10.4. The van der Waals surface area contributed by atoms with Gasteiger partial charge in [0, 0.05) is 42.8 Å². The van der Waals surface area contributed by atoms with Crippen LogP contribution in [0.2, 0.25) is 5.02 Å². The Morgan fingerprint density at radius 2 is 1.87 bits per heavy atom. The molecule has 0 atom stereocenters. The van der Waals surface area contributed by atoms with Crippen LogP contribution in [0.3, 0.4) is 0 Å². The van der Waals surface area contributed by atoms with E-state index >= 15 is 4.39 Å². The minimum absolute atomic E-state index is 0.0139. The molecule has 1 aromatic heterocycles. The summed E-state index contributed by atoms with van der Waals surface area (Å²) in [5.41, 5.74) is 0.348. The third kappa shape index (κ3) is 3.35. The second-order valence-corrected chi connectivity index (χ2v) is 7.35. The molecule has 8 heteroatoms. The minimum Gasteiger partial charge on any atom is -0.507 e. The molecule has 0 spiro atoms. The van der Waals surface area contributed by atoms with E-state index in [4.69, 9.17) is 11.6 Å². The maximum Gasteiger partial charge on any atom is 0.159 e. The van der Waals surface area contributed by atoms with E-state index in [-0.39, 0.29) is 21.7 Å². The van der Waals surface area contributed by atoms with Crippen LogP contribution in [0.15, 0.2) is 55.5 Å². The molecule has 30 heavy (non-hydrogen) atoms. The highest BCUT2D eigenvalue weighted by atomic mass is 35.5. The van der Waals surface area contributed by atoms with Gasteiger partial charge in [0.1, 0.15) is 29.2 Å². The zero-order valence-electron chi connectivity index (χ0n) is 16.1. The molecule has 1 saturated heterocycles. The van der Waals surface area contributed by atoms with Crippen molar-refractivity contribution in [2.45, 2.75) is 0 Å². The molecule has 0 bridgehead atoms. The topological polar surface area (TPSA) is 52.5 Å². The highest BCUT2D eigenvalue weighted by Gasteiger charge is 2.25. The number of phenolic OH excluding ortho intramolecular Hbond substituents is 1. The van der Waals surface area contributed by atoms with Crippen LogP contribution in [0.1, 0.15) is 0 Å². The van der Waals surface area contributed by atoms with E-state index in [1.54, 1.807) is 6.08 Å². The van der Waals surface area contributed by atoms with Gasteiger partial charge in [-0.2, -0.15) is 0 Å². The van der Waals surface area contributed by atoms with Gasteiger partial charge in [-0.15, -0.1) is 0 Å². The fraction of sp³-hybridized carbons (Fsp3) is 0.182. The van der Waals surface area contributed by atoms with Gasteiger partial charge >= 0.3 is 0 Å². The SMILES string of the molecule is C=CC(=C)N1CCN(c2ncnc3c(F)c(-c4c(O)cccc4F)c(Cl)cc23)CC1. The molecule has 1 N–H and O–H groups in total. The lowest BCUT2D eigenvalue weighted by molar-refractivity contribution is 0.331. The maximum absolute atomic E-state index is 15.4. The molecule has 1 aliphatic heterocycles. The molecule has 4 rings (SSSR count). The summed E-state index contributed by atoms with van der Waals surface area (Å²) in [5, 5.41) is 10.5. The second kappa shape index (κ2) is 7.91. The van der Waals surface area contributed by atoms with E-state index in [1.807, 2.05) is 4.90 Å². The highest BCUT2D eigenvalue weighted by Crippen LogP contribution is 2.42.